The van der Waals surface area contributed by atoms with E-state index in [1.54, 1.807) is 12.1 Å². The molecule has 0 saturated carbocycles. The third-order valence-corrected chi connectivity index (χ3v) is 13.1. The first-order valence-electron chi connectivity index (χ1n) is 11.6. The van der Waals surface area contributed by atoms with Crippen molar-refractivity contribution in [1.82, 2.24) is 0 Å². The molecule has 36 heavy (non-hydrogen) atoms. The average Bonchev–Trinajstić information content (AvgIpc) is 2.94. The van der Waals surface area contributed by atoms with Crippen molar-refractivity contribution < 1.29 is 10.9 Å². The Hall–Kier alpha value is -3.26. The van der Waals surface area contributed by atoms with Crippen LogP contribution in [0.2, 0.25) is 0 Å². The second-order valence-corrected chi connectivity index (χ2v) is 14.7. The second-order valence-electron chi connectivity index (χ2n) is 8.18. The zero-order chi connectivity index (χ0) is 24.8. The fourth-order valence-corrected chi connectivity index (χ4v) is 11.1. The Labute approximate surface area is 220 Å². The van der Waals surface area contributed by atoms with Gasteiger partial charge < -0.3 is 0 Å². The molecule has 5 aromatic carbocycles. The van der Waals surface area contributed by atoms with Gasteiger partial charge in [0.2, 0.25) is 0 Å². The minimum absolute atomic E-state index is 0.00188. The molecule has 180 valence electrons. The SMILES string of the molecule is O=S(=O)(OI(c1ccccc1)c1ccccc1)c1ccc(C(c2ccccc2)c2ccccc2)cc1. The van der Waals surface area contributed by atoms with Gasteiger partial charge in [0, 0.05) is 0 Å². The van der Waals surface area contributed by atoms with Crippen LogP contribution >= 0.6 is 20.2 Å². The van der Waals surface area contributed by atoms with Gasteiger partial charge in [-0.3, -0.25) is 0 Å². The van der Waals surface area contributed by atoms with E-state index in [4.69, 9.17) is 2.51 Å². The van der Waals surface area contributed by atoms with Gasteiger partial charge in [-0.2, -0.15) is 0 Å². The molecule has 0 aliphatic heterocycles. The van der Waals surface area contributed by atoms with Gasteiger partial charge in [-0.15, -0.1) is 0 Å². The van der Waals surface area contributed by atoms with Crippen molar-refractivity contribution in [2.45, 2.75) is 10.8 Å². The Morgan fingerprint density at radius 1 is 0.472 bits per heavy atom. The normalized spacial score (nSPS) is 11.9. The molecule has 0 spiro atoms. The molecule has 0 amide bonds. The summed E-state index contributed by atoms with van der Waals surface area (Å²) in [5.74, 6) is 0.00188. The first-order chi connectivity index (χ1) is 17.6. The summed E-state index contributed by atoms with van der Waals surface area (Å²) in [6.07, 6.45) is 0. The molecular weight excluding hydrogens is 579 g/mol. The van der Waals surface area contributed by atoms with Crippen LogP contribution in [0.25, 0.3) is 0 Å². The molecule has 0 aliphatic rings. The van der Waals surface area contributed by atoms with Gasteiger partial charge in [0.25, 0.3) is 0 Å². The number of rotatable bonds is 8. The molecule has 0 heterocycles. The van der Waals surface area contributed by atoms with Gasteiger partial charge in [0.15, 0.2) is 0 Å². The van der Waals surface area contributed by atoms with Gasteiger partial charge in [-0.05, 0) is 0 Å². The maximum atomic E-state index is 13.4. The van der Waals surface area contributed by atoms with Crippen molar-refractivity contribution >= 4 is 30.4 Å². The molecule has 0 bridgehead atoms. The fraction of sp³-hybridized carbons (Fsp3) is 0.0323. The van der Waals surface area contributed by atoms with Gasteiger partial charge in [-0.25, -0.2) is 0 Å². The quantitative estimate of drug-likeness (QED) is 0.135. The number of halogens is 1. The molecule has 0 atom stereocenters. The zero-order valence-corrected chi connectivity index (χ0v) is 22.4. The summed E-state index contributed by atoms with van der Waals surface area (Å²) in [6, 6.07) is 46.9. The van der Waals surface area contributed by atoms with Crippen molar-refractivity contribution in [2.75, 3.05) is 0 Å². The molecule has 0 saturated heterocycles. The van der Waals surface area contributed by atoms with E-state index >= 15 is 0 Å². The standard InChI is InChI=1S/C31H25IO3S/c33-36(34,35-32(28-17-9-3-10-18-28)29-19-11-4-12-20-29)30-23-21-27(22-24-30)31(25-13-5-1-6-14-25)26-15-7-2-8-16-26/h1-24,31H. The van der Waals surface area contributed by atoms with E-state index in [0.29, 0.717) is 0 Å². The molecule has 3 nitrogen and oxygen atoms in total. The van der Waals surface area contributed by atoms with Crippen molar-refractivity contribution in [3.8, 4) is 0 Å². The van der Waals surface area contributed by atoms with Gasteiger partial charge in [0.1, 0.15) is 0 Å². The summed E-state index contributed by atoms with van der Waals surface area (Å²) < 4.78 is 34.7. The number of benzene rings is 5. The third kappa shape index (κ3) is 5.59. The van der Waals surface area contributed by atoms with Gasteiger partial charge >= 0.3 is 222 Å². The molecule has 5 heteroatoms. The second kappa shape index (κ2) is 11.2. The minimum atomic E-state index is -3.96. The first-order valence-corrected chi connectivity index (χ1v) is 16.0. The molecule has 0 aromatic heterocycles. The maximum absolute atomic E-state index is 13.4. The van der Waals surface area contributed by atoms with Crippen molar-refractivity contribution in [2.24, 2.45) is 0 Å². The zero-order valence-electron chi connectivity index (χ0n) is 19.4. The fourth-order valence-electron chi connectivity index (χ4n) is 4.07. The molecule has 0 N–H and O–H groups in total. The van der Waals surface area contributed by atoms with Crippen LogP contribution in [0.5, 0.6) is 0 Å². The molecule has 5 rings (SSSR count). The van der Waals surface area contributed by atoms with Crippen LogP contribution in [0, 0.1) is 7.14 Å². The van der Waals surface area contributed by atoms with E-state index < -0.39 is 30.4 Å². The number of hydrogen-bond acceptors (Lipinski definition) is 3. The van der Waals surface area contributed by atoms with Crippen LogP contribution < -0.4 is 0 Å². The Bertz CT molecular complexity index is 1410. The van der Waals surface area contributed by atoms with Crippen LogP contribution in [0.15, 0.2) is 150 Å². The van der Waals surface area contributed by atoms with E-state index in [0.717, 1.165) is 23.8 Å². The topological polar surface area (TPSA) is 43.4 Å². The Morgan fingerprint density at radius 2 is 0.833 bits per heavy atom. The summed E-state index contributed by atoms with van der Waals surface area (Å²) in [5, 5.41) is 0. The van der Waals surface area contributed by atoms with E-state index in [9.17, 15) is 8.42 Å². The first kappa shape index (κ1) is 24.4. The third-order valence-electron chi connectivity index (χ3n) is 5.78. The predicted octanol–water partition coefficient (Wildman–Crippen LogP) is 7.73. The Kier molecular flexibility index (Phi) is 7.60. The predicted molar refractivity (Wildman–Crippen MR) is 153 cm³/mol. The Balaban J connectivity index is 1.48. The summed E-state index contributed by atoms with van der Waals surface area (Å²) in [6.45, 7) is 0. The molecule has 0 radical (unpaired) electrons. The van der Waals surface area contributed by atoms with Crippen molar-refractivity contribution in [3.63, 3.8) is 0 Å². The van der Waals surface area contributed by atoms with Crippen molar-refractivity contribution in [3.05, 3.63) is 169 Å². The summed E-state index contributed by atoms with van der Waals surface area (Å²) in [7, 11) is -3.96. The van der Waals surface area contributed by atoms with Gasteiger partial charge in [0.05, 0.1) is 0 Å². The van der Waals surface area contributed by atoms with Crippen LogP contribution in [-0.4, -0.2) is 8.42 Å². The average molecular weight is 605 g/mol. The van der Waals surface area contributed by atoms with Crippen LogP contribution in [0.3, 0.4) is 0 Å². The molecule has 5 aromatic rings. The van der Waals surface area contributed by atoms with E-state index in [2.05, 4.69) is 24.3 Å². The molecule has 0 unspecified atom stereocenters. The van der Waals surface area contributed by atoms with E-state index in [-0.39, 0.29) is 10.8 Å². The molecule has 0 aliphatic carbocycles. The van der Waals surface area contributed by atoms with Crippen molar-refractivity contribution in [1.29, 1.82) is 0 Å². The summed E-state index contributed by atoms with van der Waals surface area (Å²) in [4.78, 5) is 0.167. The van der Waals surface area contributed by atoms with E-state index in [1.165, 1.54) is 0 Å². The summed E-state index contributed by atoms with van der Waals surface area (Å²) >= 11 is -2.68. The van der Waals surface area contributed by atoms with E-state index in [1.807, 2.05) is 109 Å². The monoisotopic (exact) mass is 604 g/mol. The van der Waals surface area contributed by atoms with Gasteiger partial charge in [-0.1, -0.05) is 0 Å². The van der Waals surface area contributed by atoms with Crippen LogP contribution in [0.1, 0.15) is 22.6 Å². The number of hydrogen-bond donors (Lipinski definition) is 0. The van der Waals surface area contributed by atoms with Crippen LogP contribution in [0.4, 0.5) is 0 Å². The summed E-state index contributed by atoms with van der Waals surface area (Å²) in [5.41, 5.74) is 3.32. The molecular formula is C31H25IO3S. The van der Waals surface area contributed by atoms with Crippen LogP contribution in [-0.2, 0) is 12.6 Å². The molecule has 0 fully saturated rings. The Morgan fingerprint density at radius 3 is 1.25 bits per heavy atom.